The van der Waals surface area contributed by atoms with Gasteiger partial charge in [-0.3, -0.25) is 4.68 Å². The monoisotopic (exact) mass is 149 g/mol. The van der Waals surface area contributed by atoms with E-state index >= 15 is 0 Å². The van der Waals surface area contributed by atoms with Gasteiger partial charge in [0.2, 0.25) is 0 Å². The van der Waals surface area contributed by atoms with E-state index in [2.05, 4.69) is 11.2 Å². The number of halogens is 2. The third-order valence-corrected chi connectivity index (χ3v) is 1.24. The summed E-state index contributed by atoms with van der Waals surface area (Å²) in [5.74, 6) is 0. The molecule has 1 heterocycles. The largest absolute Gasteiger partial charge is 0.255 e. The minimum Gasteiger partial charge on any atom is -0.255 e. The smallest absolute Gasteiger partial charge is 0.160 e. The molecule has 1 aromatic heterocycles. The van der Waals surface area contributed by atoms with Crippen molar-refractivity contribution in [2.45, 2.75) is 0 Å². The molecule has 0 unspecified atom stereocenters. The van der Waals surface area contributed by atoms with Crippen molar-refractivity contribution in [3.8, 4) is 0 Å². The Bertz CT molecular complexity index is 174. The molecule has 0 aliphatic carbocycles. The molecule has 1 rings (SSSR count). The van der Waals surface area contributed by atoms with Crippen LogP contribution in [-0.2, 0) is 7.05 Å². The van der Waals surface area contributed by atoms with Gasteiger partial charge in [-0.25, -0.2) is 0 Å². The number of hydrogen-bond donors (Lipinski definition) is 0. The van der Waals surface area contributed by atoms with Gasteiger partial charge in [-0.2, -0.15) is 5.10 Å². The minimum absolute atomic E-state index is 0.303. The van der Waals surface area contributed by atoms with Crippen molar-refractivity contribution in [1.82, 2.24) is 9.78 Å². The van der Waals surface area contributed by atoms with Crippen molar-refractivity contribution >= 4 is 23.2 Å². The zero-order chi connectivity index (χ0) is 6.15. The molecule has 8 heavy (non-hydrogen) atoms. The molecule has 0 aliphatic heterocycles. The van der Waals surface area contributed by atoms with Crippen LogP contribution in [0.4, 0.5) is 0 Å². The number of rotatable bonds is 0. The average Bonchev–Trinajstić information content (AvgIpc) is 1.85. The maximum absolute atomic E-state index is 5.49. The van der Waals surface area contributed by atoms with Gasteiger partial charge in [-0.05, 0) is 0 Å². The molecule has 1 radical (unpaired) electrons. The van der Waals surface area contributed by atoms with Crippen molar-refractivity contribution in [3.05, 3.63) is 16.4 Å². The maximum atomic E-state index is 5.49. The fraction of sp³-hybridized carbons (Fsp3) is 0.250. The third kappa shape index (κ3) is 0.956. The SMILES string of the molecule is Cn1nc(Cl)[c]c1Cl. The second kappa shape index (κ2) is 1.96. The molecule has 0 saturated heterocycles. The van der Waals surface area contributed by atoms with Gasteiger partial charge in [0.15, 0.2) is 5.15 Å². The summed E-state index contributed by atoms with van der Waals surface area (Å²) in [5, 5.41) is 4.43. The molecule has 0 saturated carbocycles. The van der Waals surface area contributed by atoms with E-state index < -0.39 is 0 Å². The van der Waals surface area contributed by atoms with E-state index in [1.54, 1.807) is 7.05 Å². The summed E-state index contributed by atoms with van der Waals surface area (Å²) in [7, 11) is 1.70. The Morgan fingerprint density at radius 3 is 2.38 bits per heavy atom. The van der Waals surface area contributed by atoms with E-state index in [4.69, 9.17) is 23.2 Å². The molecular formula is C4H3Cl2N2. The van der Waals surface area contributed by atoms with Crippen LogP contribution in [0.3, 0.4) is 0 Å². The van der Waals surface area contributed by atoms with Crippen LogP contribution in [0.1, 0.15) is 0 Å². The Morgan fingerprint density at radius 1 is 1.62 bits per heavy atom. The molecule has 0 amide bonds. The summed E-state index contributed by atoms with van der Waals surface area (Å²) in [5.41, 5.74) is 0. The van der Waals surface area contributed by atoms with E-state index in [1.807, 2.05) is 0 Å². The lowest BCUT2D eigenvalue weighted by molar-refractivity contribution is 0.769. The van der Waals surface area contributed by atoms with Gasteiger partial charge < -0.3 is 0 Å². The Labute approximate surface area is 57.0 Å². The molecule has 1 aromatic rings. The van der Waals surface area contributed by atoms with Crippen LogP contribution in [0.15, 0.2) is 0 Å². The Kier molecular flexibility index (Phi) is 1.45. The molecule has 0 aliphatic rings. The lowest BCUT2D eigenvalue weighted by Crippen LogP contribution is -1.87. The second-order valence-electron chi connectivity index (χ2n) is 1.33. The summed E-state index contributed by atoms with van der Waals surface area (Å²) in [6.45, 7) is 0. The van der Waals surface area contributed by atoms with E-state index in [0.29, 0.717) is 10.3 Å². The van der Waals surface area contributed by atoms with Gasteiger partial charge in [0.25, 0.3) is 0 Å². The fourth-order valence-electron chi connectivity index (χ4n) is 0.367. The minimum atomic E-state index is 0.303. The van der Waals surface area contributed by atoms with Crippen LogP contribution in [0.2, 0.25) is 10.3 Å². The predicted octanol–water partition coefficient (Wildman–Crippen LogP) is 1.53. The highest BCUT2D eigenvalue weighted by Crippen LogP contribution is 2.11. The van der Waals surface area contributed by atoms with E-state index in [0.717, 1.165) is 0 Å². The molecular weight excluding hydrogens is 147 g/mol. The molecule has 0 N–H and O–H groups in total. The highest BCUT2D eigenvalue weighted by atomic mass is 35.5. The van der Waals surface area contributed by atoms with Crippen LogP contribution >= 0.6 is 23.2 Å². The van der Waals surface area contributed by atoms with Gasteiger partial charge >= 0.3 is 0 Å². The highest BCUT2D eigenvalue weighted by molar-refractivity contribution is 6.33. The van der Waals surface area contributed by atoms with Gasteiger partial charge in [0.05, 0.1) is 6.07 Å². The summed E-state index contributed by atoms with van der Waals surface area (Å²) in [6.07, 6.45) is 0. The maximum Gasteiger partial charge on any atom is 0.160 e. The molecule has 0 spiro atoms. The standard InChI is InChI=1S/C4H3Cl2N2/c1-8-4(6)2-3(5)7-8/h1H3. The van der Waals surface area contributed by atoms with E-state index in [9.17, 15) is 0 Å². The first-order valence-electron chi connectivity index (χ1n) is 1.97. The van der Waals surface area contributed by atoms with Gasteiger partial charge in [0, 0.05) is 7.05 Å². The van der Waals surface area contributed by atoms with Crippen LogP contribution in [-0.4, -0.2) is 9.78 Å². The zero-order valence-electron chi connectivity index (χ0n) is 4.15. The molecule has 0 aromatic carbocycles. The van der Waals surface area contributed by atoms with Gasteiger partial charge in [0.1, 0.15) is 5.15 Å². The molecule has 0 bridgehead atoms. The first kappa shape index (κ1) is 5.92. The first-order valence-corrected chi connectivity index (χ1v) is 2.73. The van der Waals surface area contributed by atoms with Crippen LogP contribution in [0.5, 0.6) is 0 Å². The van der Waals surface area contributed by atoms with Crippen molar-refractivity contribution in [3.63, 3.8) is 0 Å². The quantitative estimate of drug-likeness (QED) is 0.548. The fourth-order valence-corrected chi connectivity index (χ4v) is 0.745. The van der Waals surface area contributed by atoms with Crippen LogP contribution in [0, 0.1) is 6.07 Å². The summed E-state index contributed by atoms with van der Waals surface area (Å²) in [4.78, 5) is 0. The number of hydrogen-bond acceptors (Lipinski definition) is 1. The van der Waals surface area contributed by atoms with Crippen molar-refractivity contribution in [1.29, 1.82) is 0 Å². The van der Waals surface area contributed by atoms with Gasteiger partial charge in [-0.1, -0.05) is 23.2 Å². The Hall–Kier alpha value is -0.210. The normalized spacial score (nSPS) is 9.88. The first-order chi connectivity index (χ1) is 3.70. The second-order valence-corrected chi connectivity index (χ2v) is 2.05. The third-order valence-electron chi connectivity index (χ3n) is 0.728. The summed E-state index contributed by atoms with van der Waals surface area (Å²) in [6, 6.07) is 2.59. The molecule has 4 heteroatoms. The molecule has 2 nitrogen and oxygen atoms in total. The molecule has 0 fully saturated rings. The van der Waals surface area contributed by atoms with Crippen LogP contribution in [0.25, 0.3) is 0 Å². The molecule has 0 atom stereocenters. The number of nitrogens with zero attached hydrogens (tertiary/aromatic N) is 2. The lowest BCUT2D eigenvalue weighted by Gasteiger charge is -1.84. The highest BCUT2D eigenvalue weighted by Gasteiger charge is 1.97. The van der Waals surface area contributed by atoms with E-state index in [1.165, 1.54) is 4.68 Å². The Balaban J connectivity index is 3.14. The van der Waals surface area contributed by atoms with Gasteiger partial charge in [-0.15, -0.1) is 0 Å². The number of aromatic nitrogens is 2. The zero-order valence-corrected chi connectivity index (χ0v) is 5.66. The summed E-state index contributed by atoms with van der Waals surface area (Å²) < 4.78 is 1.45. The lowest BCUT2D eigenvalue weighted by atomic mass is 10.7. The summed E-state index contributed by atoms with van der Waals surface area (Å²) >= 11 is 10.9. The Morgan fingerprint density at radius 2 is 2.25 bits per heavy atom. The number of aryl methyl sites for hydroxylation is 1. The van der Waals surface area contributed by atoms with Crippen LogP contribution < -0.4 is 0 Å². The predicted molar refractivity (Wildman–Crippen MR) is 32.1 cm³/mol. The van der Waals surface area contributed by atoms with Crippen molar-refractivity contribution in [2.75, 3.05) is 0 Å². The van der Waals surface area contributed by atoms with Crippen molar-refractivity contribution in [2.24, 2.45) is 7.05 Å². The van der Waals surface area contributed by atoms with E-state index in [-0.39, 0.29) is 0 Å². The molecule has 43 valence electrons. The topological polar surface area (TPSA) is 17.8 Å². The average molecular weight is 150 g/mol. The van der Waals surface area contributed by atoms with Crippen molar-refractivity contribution < 1.29 is 0 Å².